The Morgan fingerprint density at radius 2 is 2.20 bits per heavy atom. The second-order valence-electron chi connectivity index (χ2n) is 3.75. The van der Waals surface area contributed by atoms with Crippen molar-refractivity contribution >= 4 is 0 Å². The fourth-order valence-electron chi connectivity index (χ4n) is 1.76. The van der Waals surface area contributed by atoms with Gasteiger partial charge in [0.25, 0.3) is 0 Å². The molecule has 0 radical (unpaired) electrons. The van der Waals surface area contributed by atoms with Crippen LogP contribution in [0.3, 0.4) is 0 Å². The minimum Gasteiger partial charge on any atom is -0.329 e. The summed E-state index contributed by atoms with van der Waals surface area (Å²) in [7, 11) is 0. The lowest BCUT2D eigenvalue weighted by molar-refractivity contribution is 0.278. The summed E-state index contributed by atoms with van der Waals surface area (Å²) in [6.45, 7) is 10.9. The predicted octanol–water partition coefficient (Wildman–Crippen LogP) is 0.992. The van der Waals surface area contributed by atoms with Crippen LogP contribution in [0.5, 0.6) is 0 Å². The molecule has 1 heterocycles. The highest BCUT2D eigenvalue weighted by Crippen LogP contribution is 2.07. The molecule has 0 amide bonds. The number of aromatic nitrogens is 2. The monoisotopic (exact) mass is 210 g/mol. The molecule has 0 unspecified atom stereocenters. The molecule has 0 aliphatic heterocycles. The zero-order valence-corrected chi connectivity index (χ0v) is 10.0. The summed E-state index contributed by atoms with van der Waals surface area (Å²) in [5.74, 6) is 0. The molecule has 1 aromatic rings. The van der Waals surface area contributed by atoms with E-state index in [1.54, 1.807) is 0 Å². The van der Waals surface area contributed by atoms with Gasteiger partial charge in [0.1, 0.15) is 0 Å². The Balaban J connectivity index is 2.68. The second kappa shape index (κ2) is 5.88. The Labute approximate surface area is 92.1 Å². The smallest absolute Gasteiger partial charge is 0.0597 e. The van der Waals surface area contributed by atoms with E-state index in [1.807, 2.05) is 6.92 Å². The molecule has 0 aliphatic carbocycles. The molecule has 0 saturated heterocycles. The molecule has 0 aromatic carbocycles. The van der Waals surface area contributed by atoms with Crippen molar-refractivity contribution in [2.24, 2.45) is 5.73 Å². The lowest BCUT2D eigenvalue weighted by atomic mass is 10.3. The van der Waals surface area contributed by atoms with Crippen LogP contribution in [-0.2, 0) is 13.1 Å². The molecule has 0 fully saturated rings. The van der Waals surface area contributed by atoms with E-state index in [2.05, 4.69) is 34.6 Å². The Morgan fingerprint density at radius 1 is 1.47 bits per heavy atom. The first-order chi connectivity index (χ1) is 7.21. The summed E-state index contributed by atoms with van der Waals surface area (Å²) in [4.78, 5) is 2.34. The lowest BCUT2D eigenvalue weighted by Crippen LogP contribution is -2.29. The van der Waals surface area contributed by atoms with E-state index in [0.717, 1.165) is 31.9 Å². The van der Waals surface area contributed by atoms with Gasteiger partial charge in [-0.1, -0.05) is 6.92 Å². The predicted molar refractivity (Wildman–Crippen MR) is 62.6 cm³/mol. The molecule has 86 valence electrons. The number of likely N-dealkylation sites (N-methyl/N-ethyl adjacent to an activating group) is 1. The number of hydrogen-bond acceptors (Lipinski definition) is 3. The van der Waals surface area contributed by atoms with Crippen molar-refractivity contribution in [2.75, 3.05) is 19.6 Å². The van der Waals surface area contributed by atoms with Crippen LogP contribution in [0, 0.1) is 6.92 Å². The van der Waals surface area contributed by atoms with E-state index < -0.39 is 0 Å². The van der Waals surface area contributed by atoms with Gasteiger partial charge in [0.05, 0.1) is 11.4 Å². The Bertz CT molecular complexity index is 293. The van der Waals surface area contributed by atoms with Gasteiger partial charge in [-0.2, -0.15) is 5.10 Å². The van der Waals surface area contributed by atoms with Gasteiger partial charge in [-0.3, -0.25) is 9.58 Å². The second-order valence-corrected chi connectivity index (χ2v) is 3.75. The van der Waals surface area contributed by atoms with E-state index in [1.165, 1.54) is 5.69 Å². The maximum atomic E-state index is 5.57. The average Bonchev–Trinajstić information content (AvgIpc) is 2.58. The van der Waals surface area contributed by atoms with E-state index in [4.69, 9.17) is 5.73 Å². The highest BCUT2D eigenvalue weighted by atomic mass is 15.3. The van der Waals surface area contributed by atoms with Gasteiger partial charge >= 0.3 is 0 Å². The van der Waals surface area contributed by atoms with Crippen LogP contribution >= 0.6 is 0 Å². The number of nitrogens with two attached hydrogens (primary N) is 1. The van der Waals surface area contributed by atoms with Gasteiger partial charge in [0, 0.05) is 26.2 Å². The summed E-state index contributed by atoms with van der Waals surface area (Å²) in [5, 5.41) is 4.44. The van der Waals surface area contributed by atoms with Crippen LogP contribution in [0.15, 0.2) is 6.07 Å². The van der Waals surface area contributed by atoms with Crippen molar-refractivity contribution in [3.8, 4) is 0 Å². The summed E-state index contributed by atoms with van der Waals surface area (Å²) in [6.07, 6.45) is 0. The standard InChI is InChI=1S/C11H22N4/c1-4-14(7-6-12)9-11-8-10(3)13-15(11)5-2/h8H,4-7,9,12H2,1-3H3. The molecule has 15 heavy (non-hydrogen) atoms. The number of aryl methyl sites for hydroxylation is 2. The molecule has 1 aromatic heterocycles. The SMILES string of the molecule is CCN(CCN)Cc1cc(C)nn1CC. The molecule has 0 bridgehead atoms. The molecular formula is C11H22N4. The van der Waals surface area contributed by atoms with Crippen LogP contribution < -0.4 is 5.73 Å². The normalized spacial score (nSPS) is 11.3. The van der Waals surface area contributed by atoms with Crippen LogP contribution in [-0.4, -0.2) is 34.3 Å². The first kappa shape index (κ1) is 12.2. The molecule has 0 aliphatic rings. The lowest BCUT2D eigenvalue weighted by Gasteiger charge is -2.19. The van der Waals surface area contributed by atoms with E-state index in [9.17, 15) is 0 Å². The van der Waals surface area contributed by atoms with Gasteiger partial charge in [-0.25, -0.2) is 0 Å². The van der Waals surface area contributed by atoms with Gasteiger partial charge in [-0.15, -0.1) is 0 Å². The molecule has 0 saturated carbocycles. The van der Waals surface area contributed by atoms with Gasteiger partial charge < -0.3 is 5.73 Å². The third-order valence-electron chi connectivity index (χ3n) is 2.56. The zero-order valence-electron chi connectivity index (χ0n) is 10.0. The first-order valence-electron chi connectivity index (χ1n) is 5.67. The summed E-state index contributed by atoms with van der Waals surface area (Å²) in [5.41, 5.74) is 7.95. The van der Waals surface area contributed by atoms with Crippen LogP contribution in [0.25, 0.3) is 0 Å². The largest absolute Gasteiger partial charge is 0.329 e. The van der Waals surface area contributed by atoms with E-state index in [-0.39, 0.29) is 0 Å². The highest BCUT2D eigenvalue weighted by molar-refractivity contribution is 5.08. The first-order valence-corrected chi connectivity index (χ1v) is 5.67. The van der Waals surface area contributed by atoms with Gasteiger partial charge in [0.15, 0.2) is 0 Å². The zero-order chi connectivity index (χ0) is 11.3. The Hall–Kier alpha value is -0.870. The van der Waals surface area contributed by atoms with Crippen molar-refractivity contribution in [3.63, 3.8) is 0 Å². The molecule has 4 nitrogen and oxygen atoms in total. The van der Waals surface area contributed by atoms with Crippen molar-refractivity contribution in [3.05, 3.63) is 17.5 Å². The summed E-state index contributed by atoms with van der Waals surface area (Å²) in [6, 6.07) is 2.16. The third-order valence-corrected chi connectivity index (χ3v) is 2.56. The highest BCUT2D eigenvalue weighted by Gasteiger charge is 2.08. The van der Waals surface area contributed by atoms with Crippen molar-refractivity contribution < 1.29 is 0 Å². The van der Waals surface area contributed by atoms with Gasteiger partial charge in [0.2, 0.25) is 0 Å². The Morgan fingerprint density at radius 3 is 2.73 bits per heavy atom. The summed E-state index contributed by atoms with van der Waals surface area (Å²) >= 11 is 0. The number of nitrogens with zero attached hydrogens (tertiary/aromatic N) is 3. The fourth-order valence-corrected chi connectivity index (χ4v) is 1.76. The maximum Gasteiger partial charge on any atom is 0.0597 e. The van der Waals surface area contributed by atoms with Crippen LogP contribution in [0.2, 0.25) is 0 Å². The molecule has 2 N–H and O–H groups in total. The maximum absolute atomic E-state index is 5.57. The molecule has 0 spiro atoms. The third kappa shape index (κ3) is 3.32. The number of rotatable bonds is 6. The summed E-state index contributed by atoms with van der Waals surface area (Å²) < 4.78 is 2.06. The molecular weight excluding hydrogens is 188 g/mol. The average molecular weight is 210 g/mol. The number of hydrogen-bond donors (Lipinski definition) is 1. The van der Waals surface area contributed by atoms with Crippen LogP contribution in [0.4, 0.5) is 0 Å². The minimum absolute atomic E-state index is 0.715. The van der Waals surface area contributed by atoms with Gasteiger partial charge in [-0.05, 0) is 26.5 Å². The van der Waals surface area contributed by atoms with E-state index >= 15 is 0 Å². The topological polar surface area (TPSA) is 47.1 Å². The fraction of sp³-hybridized carbons (Fsp3) is 0.727. The molecule has 0 atom stereocenters. The molecule has 4 heteroatoms. The van der Waals surface area contributed by atoms with Crippen molar-refractivity contribution in [1.82, 2.24) is 14.7 Å². The molecule has 1 rings (SSSR count). The van der Waals surface area contributed by atoms with Crippen LogP contribution in [0.1, 0.15) is 25.2 Å². The van der Waals surface area contributed by atoms with Crippen molar-refractivity contribution in [1.29, 1.82) is 0 Å². The van der Waals surface area contributed by atoms with E-state index in [0.29, 0.717) is 6.54 Å². The van der Waals surface area contributed by atoms with Crippen molar-refractivity contribution in [2.45, 2.75) is 33.9 Å². The minimum atomic E-state index is 0.715. The Kier molecular flexibility index (Phi) is 4.78. The quantitative estimate of drug-likeness (QED) is 0.761.